The van der Waals surface area contributed by atoms with E-state index in [1.807, 2.05) is 16.8 Å². The molecular weight excluding hydrogens is 244 g/mol. The number of nitrogens with zero attached hydrogens (tertiary/aromatic N) is 1. The van der Waals surface area contributed by atoms with Crippen LogP contribution < -0.4 is 5.32 Å². The Bertz CT molecular complexity index is 359. The lowest BCUT2D eigenvalue weighted by Gasteiger charge is -2.11. The lowest BCUT2D eigenvalue weighted by atomic mass is 10.1. The summed E-state index contributed by atoms with van der Waals surface area (Å²) in [7, 11) is 0. The van der Waals surface area contributed by atoms with Crippen molar-refractivity contribution in [3.63, 3.8) is 0 Å². The molecule has 0 aliphatic carbocycles. The third kappa shape index (κ3) is 1.71. The first kappa shape index (κ1) is 9.77. The van der Waals surface area contributed by atoms with Crippen LogP contribution in [-0.2, 0) is 6.54 Å². The maximum atomic E-state index is 11.6. The third-order valence-electron chi connectivity index (χ3n) is 2.68. The van der Waals surface area contributed by atoms with Crippen LogP contribution in [0.3, 0.4) is 0 Å². The van der Waals surface area contributed by atoms with Gasteiger partial charge in [-0.25, -0.2) is 0 Å². The van der Waals surface area contributed by atoms with Gasteiger partial charge in [0.15, 0.2) is 0 Å². The quantitative estimate of drug-likeness (QED) is 0.820. The number of hydrogen-bond donors (Lipinski definition) is 1. The van der Waals surface area contributed by atoms with Gasteiger partial charge >= 0.3 is 0 Å². The van der Waals surface area contributed by atoms with E-state index in [1.54, 1.807) is 0 Å². The van der Waals surface area contributed by atoms with Crippen LogP contribution in [0.15, 0.2) is 16.7 Å². The van der Waals surface area contributed by atoms with Crippen molar-refractivity contribution in [2.75, 3.05) is 6.54 Å². The molecule has 0 saturated carbocycles. The molecule has 0 bridgehead atoms. The molecule has 3 nitrogen and oxygen atoms in total. The topological polar surface area (TPSA) is 34.0 Å². The van der Waals surface area contributed by atoms with Crippen LogP contribution in [0.25, 0.3) is 0 Å². The van der Waals surface area contributed by atoms with Gasteiger partial charge in [-0.2, -0.15) is 0 Å². The minimum atomic E-state index is 0.0339. The Hall–Kier alpha value is -0.770. The van der Waals surface area contributed by atoms with Crippen LogP contribution in [0.2, 0.25) is 0 Å². The van der Waals surface area contributed by atoms with Crippen LogP contribution in [0.1, 0.15) is 23.8 Å². The summed E-state index contributed by atoms with van der Waals surface area (Å²) in [4.78, 5) is 11.6. The molecule has 0 spiro atoms. The van der Waals surface area contributed by atoms with Gasteiger partial charge in [-0.1, -0.05) is 6.92 Å². The lowest BCUT2D eigenvalue weighted by Crippen LogP contribution is -2.26. The molecule has 1 aromatic rings. The zero-order valence-electron chi connectivity index (χ0n) is 8.09. The minimum absolute atomic E-state index is 0.0339. The van der Waals surface area contributed by atoms with Gasteiger partial charge < -0.3 is 9.88 Å². The summed E-state index contributed by atoms with van der Waals surface area (Å²) in [5.41, 5.74) is 0.757. The van der Waals surface area contributed by atoms with Crippen LogP contribution >= 0.6 is 15.9 Å². The average Bonchev–Trinajstić information content (AvgIpc) is 2.46. The molecule has 0 aromatic carbocycles. The number of amides is 1. The van der Waals surface area contributed by atoms with Crippen LogP contribution in [0, 0.1) is 5.92 Å². The second-order valence-corrected chi connectivity index (χ2v) is 4.60. The van der Waals surface area contributed by atoms with Gasteiger partial charge in [0.25, 0.3) is 5.91 Å². The van der Waals surface area contributed by atoms with E-state index in [9.17, 15) is 4.79 Å². The van der Waals surface area contributed by atoms with Crippen molar-refractivity contribution in [3.8, 4) is 0 Å². The van der Waals surface area contributed by atoms with E-state index in [0.29, 0.717) is 5.92 Å². The first-order valence-corrected chi connectivity index (χ1v) is 5.64. The summed E-state index contributed by atoms with van der Waals surface area (Å²) in [5.74, 6) is 0.575. The van der Waals surface area contributed by atoms with Gasteiger partial charge in [0.1, 0.15) is 5.69 Å². The van der Waals surface area contributed by atoms with Crippen LogP contribution in [0.4, 0.5) is 0 Å². The Morgan fingerprint density at radius 1 is 1.71 bits per heavy atom. The predicted molar refractivity (Wildman–Crippen MR) is 58.2 cm³/mol. The Labute approximate surface area is 91.6 Å². The fourth-order valence-corrected chi connectivity index (χ4v) is 2.22. The molecule has 1 atom stereocenters. The molecule has 4 heteroatoms. The van der Waals surface area contributed by atoms with Crippen LogP contribution in [-0.4, -0.2) is 17.0 Å². The Kier molecular flexibility index (Phi) is 2.63. The average molecular weight is 257 g/mol. The maximum Gasteiger partial charge on any atom is 0.267 e. The van der Waals surface area contributed by atoms with Crippen molar-refractivity contribution in [2.45, 2.75) is 19.9 Å². The van der Waals surface area contributed by atoms with Crippen molar-refractivity contribution < 1.29 is 4.79 Å². The highest BCUT2D eigenvalue weighted by Crippen LogP contribution is 2.19. The van der Waals surface area contributed by atoms with Gasteiger partial charge in [0.2, 0.25) is 0 Å². The molecule has 1 amide bonds. The highest BCUT2D eigenvalue weighted by Gasteiger charge is 2.20. The Morgan fingerprint density at radius 3 is 3.21 bits per heavy atom. The minimum Gasteiger partial charge on any atom is -0.350 e. The van der Waals surface area contributed by atoms with E-state index in [1.165, 1.54) is 0 Å². The number of nitrogens with one attached hydrogen (secondary N) is 1. The van der Waals surface area contributed by atoms with Gasteiger partial charge in [-0.15, -0.1) is 0 Å². The molecule has 0 saturated heterocycles. The summed E-state index contributed by atoms with van der Waals surface area (Å²) in [5, 5.41) is 2.93. The molecule has 0 unspecified atom stereocenters. The van der Waals surface area contributed by atoms with E-state index in [0.717, 1.165) is 29.7 Å². The van der Waals surface area contributed by atoms with Crippen LogP contribution in [0.5, 0.6) is 0 Å². The highest BCUT2D eigenvalue weighted by molar-refractivity contribution is 9.10. The molecule has 76 valence electrons. The number of fused-ring (bicyclic) bond motifs is 1. The van der Waals surface area contributed by atoms with Crippen molar-refractivity contribution in [2.24, 2.45) is 5.92 Å². The second-order valence-electron chi connectivity index (χ2n) is 3.68. The van der Waals surface area contributed by atoms with Crippen molar-refractivity contribution in [1.29, 1.82) is 0 Å². The molecule has 14 heavy (non-hydrogen) atoms. The summed E-state index contributed by atoms with van der Waals surface area (Å²) in [6.45, 7) is 3.87. The first-order chi connectivity index (χ1) is 6.70. The third-order valence-corrected chi connectivity index (χ3v) is 3.11. The Morgan fingerprint density at radius 2 is 2.50 bits per heavy atom. The fraction of sp³-hybridized carbons (Fsp3) is 0.500. The highest BCUT2D eigenvalue weighted by atomic mass is 79.9. The van der Waals surface area contributed by atoms with E-state index in [2.05, 4.69) is 28.2 Å². The van der Waals surface area contributed by atoms with Gasteiger partial charge in [0.05, 0.1) is 0 Å². The normalized spacial score (nSPS) is 21.3. The molecule has 1 aromatic heterocycles. The van der Waals surface area contributed by atoms with E-state index < -0.39 is 0 Å². The molecule has 0 fully saturated rings. The summed E-state index contributed by atoms with van der Waals surface area (Å²) in [6.07, 6.45) is 3.07. The summed E-state index contributed by atoms with van der Waals surface area (Å²) >= 11 is 3.39. The maximum absolute atomic E-state index is 11.6. The first-order valence-electron chi connectivity index (χ1n) is 4.84. The molecule has 0 radical (unpaired) electrons. The zero-order valence-corrected chi connectivity index (χ0v) is 9.67. The molecule has 1 aliphatic heterocycles. The Balaban J connectivity index is 2.34. The number of carbonyl (C=O) groups is 1. The summed E-state index contributed by atoms with van der Waals surface area (Å²) < 4.78 is 3.00. The number of halogens is 1. The van der Waals surface area contributed by atoms with Gasteiger partial charge in [-0.3, -0.25) is 4.79 Å². The van der Waals surface area contributed by atoms with E-state index in [-0.39, 0.29) is 5.91 Å². The van der Waals surface area contributed by atoms with Gasteiger partial charge in [0, 0.05) is 23.8 Å². The zero-order chi connectivity index (χ0) is 10.1. The molecule has 1 aliphatic rings. The lowest BCUT2D eigenvalue weighted by molar-refractivity contribution is 0.0948. The molecule has 2 rings (SSSR count). The number of carbonyl (C=O) groups excluding carboxylic acids is 1. The fourth-order valence-electron chi connectivity index (χ4n) is 1.76. The van der Waals surface area contributed by atoms with Crippen molar-refractivity contribution in [3.05, 3.63) is 22.4 Å². The second kappa shape index (κ2) is 3.77. The summed E-state index contributed by atoms with van der Waals surface area (Å²) in [6, 6.07) is 1.87. The number of rotatable bonds is 1. The van der Waals surface area contributed by atoms with Crippen molar-refractivity contribution >= 4 is 21.8 Å². The standard InChI is InChI=1S/C10H13BrN2O/c1-2-7-4-12-10(14)9-3-8(11)6-13(9)5-7/h3,6-7H,2,4-5H2,1H3,(H,12,14)/t7-/m1/s1. The number of aromatic nitrogens is 1. The van der Waals surface area contributed by atoms with Gasteiger partial charge in [-0.05, 0) is 34.3 Å². The van der Waals surface area contributed by atoms with Crippen molar-refractivity contribution in [1.82, 2.24) is 9.88 Å². The van der Waals surface area contributed by atoms with E-state index >= 15 is 0 Å². The predicted octanol–water partition coefficient (Wildman–Crippen LogP) is 2.02. The molecule has 1 N–H and O–H groups in total. The number of hydrogen-bond acceptors (Lipinski definition) is 1. The SMILES string of the molecule is CC[C@@H]1CNC(=O)c2cc(Br)cn2C1. The van der Waals surface area contributed by atoms with E-state index in [4.69, 9.17) is 0 Å². The monoisotopic (exact) mass is 256 g/mol. The smallest absolute Gasteiger partial charge is 0.267 e. The largest absolute Gasteiger partial charge is 0.350 e. The molecule has 2 heterocycles. The molecular formula is C10H13BrN2O.